The largest absolute Gasteiger partial charge is 0.523 e. The second-order valence-corrected chi connectivity index (χ2v) is 9.85. The van der Waals surface area contributed by atoms with Crippen LogP contribution in [0.5, 0.6) is 0 Å². The Labute approximate surface area is 147 Å². The summed E-state index contributed by atoms with van der Waals surface area (Å²) in [6.45, 7) is 1.09. The number of hydrogen-bond acceptors (Lipinski definition) is 4. The van der Waals surface area contributed by atoms with E-state index < -0.39 is 21.7 Å². The summed E-state index contributed by atoms with van der Waals surface area (Å²) < 4.78 is 65.4. The molecule has 4 nitrogen and oxygen atoms in total. The van der Waals surface area contributed by atoms with Gasteiger partial charge in [0.25, 0.3) is 0 Å². The Kier molecular flexibility index (Phi) is 4.60. The molecule has 0 aromatic heterocycles. The van der Waals surface area contributed by atoms with Crippen LogP contribution in [0.2, 0.25) is 0 Å². The van der Waals surface area contributed by atoms with Gasteiger partial charge >= 0.3 is 15.6 Å². The van der Waals surface area contributed by atoms with Crippen LogP contribution >= 0.6 is 0 Å². The van der Waals surface area contributed by atoms with Gasteiger partial charge in [0.05, 0.1) is 6.10 Å². The Morgan fingerprint density at radius 1 is 0.800 bits per heavy atom. The topological polar surface area (TPSA) is 55.4 Å². The second-order valence-electron chi connectivity index (χ2n) is 8.29. The molecule has 0 radical (unpaired) electrons. The van der Waals surface area contributed by atoms with E-state index in [0.717, 1.165) is 38.6 Å². The van der Waals surface area contributed by atoms with Crippen LogP contribution in [0.25, 0.3) is 0 Å². The zero-order valence-corrected chi connectivity index (χ0v) is 15.0. The first-order valence-corrected chi connectivity index (χ1v) is 10.9. The van der Waals surface area contributed by atoms with Crippen molar-refractivity contribution in [3.05, 3.63) is 0 Å². The van der Waals surface area contributed by atoms with E-state index in [1.54, 1.807) is 0 Å². The summed E-state index contributed by atoms with van der Waals surface area (Å²) in [5, 5.41) is 3.64. The van der Waals surface area contributed by atoms with Gasteiger partial charge in [-0.25, -0.2) is 0 Å². The zero-order chi connectivity index (χ0) is 17.8. The van der Waals surface area contributed by atoms with Crippen LogP contribution in [-0.2, 0) is 14.3 Å². The predicted molar refractivity (Wildman–Crippen MR) is 86.0 cm³/mol. The molecule has 0 aromatic carbocycles. The van der Waals surface area contributed by atoms with Gasteiger partial charge in [0, 0.05) is 6.04 Å². The highest BCUT2D eigenvalue weighted by Crippen LogP contribution is 2.56. The lowest BCUT2D eigenvalue weighted by Gasteiger charge is -2.52. The number of fused-ring (bicyclic) bond motifs is 5. The van der Waals surface area contributed by atoms with Crippen molar-refractivity contribution >= 4 is 10.1 Å². The number of alkyl halides is 3. The summed E-state index contributed by atoms with van der Waals surface area (Å²) in [6.07, 6.45) is 6.94. The van der Waals surface area contributed by atoms with Gasteiger partial charge in [-0.1, -0.05) is 0 Å². The highest BCUT2D eigenvalue weighted by molar-refractivity contribution is 7.87. The fraction of sp³-hybridized carbons (Fsp3) is 1.00. The van der Waals surface area contributed by atoms with E-state index >= 15 is 0 Å². The Balaban J connectivity index is 1.47. The minimum atomic E-state index is -5.49. The maximum Gasteiger partial charge on any atom is 0.523 e. The monoisotopic (exact) mass is 381 g/mol. The van der Waals surface area contributed by atoms with Gasteiger partial charge in [-0.3, -0.25) is 4.18 Å². The van der Waals surface area contributed by atoms with Crippen molar-refractivity contribution in [1.29, 1.82) is 0 Å². The molecule has 4 fully saturated rings. The van der Waals surface area contributed by atoms with Crippen molar-refractivity contribution in [2.45, 2.75) is 69.0 Å². The summed E-state index contributed by atoms with van der Waals surface area (Å²) in [4.78, 5) is 0. The molecule has 7 unspecified atom stereocenters. The predicted octanol–water partition coefficient (Wildman–Crippen LogP) is 3.44. The molecule has 4 aliphatic rings. The number of hydrogen-bond donors (Lipinski definition) is 1. The molecule has 0 spiro atoms. The van der Waals surface area contributed by atoms with Crippen LogP contribution in [0.3, 0.4) is 0 Å². The Morgan fingerprint density at radius 3 is 2.16 bits per heavy atom. The summed E-state index contributed by atoms with van der Waals surface area (Å²) in [5.74, 6) is 2.15. The summed E-state index contributed by atoms with van der Waals surface area (Å²) in [7, 11) is -5.49. The van der Waals surface area contributed by atoms with E-state index in [-0.39, 0.29) is 5.92 Å². The van der Waals surface area contributed by atoms with Crippen LogP contribution in [0.1, 0.15) is 51.4 Å². The summed E-state index contributed by atoms with van der Waals surface area (Å²) in [6, 6.07) is 0.602. The maximum atomic E-state index is 12.6. The molecule has 1 heterocycles. The Morgan fingerprint density at radius 2 is 1.40 bits per heavy atom. The molecular formula is C17H26F3NO3S. The number of piperidine rings is 1. The quantitative estimate of drug-likeness (QED) is 0.588. The lowest BCUT2D eigenvalue weighted by atomic mass is 9.56. The van der Waals surface area contributed by atoms with E-state index in [1.165, 1.54) is 12.8 Å². The zero-order valence-electron chi connectivity index (χ0n) is 14.2. The van der Waals surface area contributed by atoms with E-state index in [1.807, 2.05) is 0 Å². The van der Waals surface area contributed by atoms with Crippen LogP contribution in [0, 0.1) is 29.6 Å². The average molecular weight is 381 g/mol. The molecule has 1 saturated heterocycles. The normalized spacial score (nSPS) is 44.7. The third kappa shape index (κ3) is 3.12. The van der Waals surface area contributed by atoms with Crippen LogP contribution in [0.15, 0.2) is 0 Å². The lowest BCUT2D eigenvalue weighted by molar-refractivity contribution is -0.0628. The first-order valence-electron chi connectivity index (χ1n) is 9.51. The van der Waals surface area contributed by atoms with Crippen LogP contribution in [-0.4, -0.2) is 32.6 Å². The van der Waals surface area contributed by atoms with Gasteiger partial charge in [0.1, 0.15) is 0 Å². The van der Waals surface area contributed by atoms with Crippen molar-refractivity contribution in [1.82, 2.24) is 5.32 Å². The highest BCUT2D eigenvalue weighted by atomic mass is 32.2. The smallest absolute Gasteiger partial charge is 0.314 e. The Bertz CT molecular complexity index is 609. The van der Waals surface area contributed by atoms with Gasteiger partial charge in [-0.15, -0.1) is 0 Å². The van der Waals surface area contributed by atoms with Gasteiger partial charge < -0.3 is 5.32 Å². The van der Waals surface area contributed by atoms with Gasteiger partial charge in [0.15, 0.2) is 0 Å². The summed E-state index contributed by atoms with van der Waals surface area (Å²) in [5.41, 5.74) is -5.33. The van der Waals surface area contributed by atoms with Crippen LogP contribution < -0.4 is 5.32 Å². The average Bonchev–Trinajstić information content (AvgIpc) is 2.96. The molecule has 144 valence electrons. The standard InChI is InChI=1S/C17H26F3NO3S/c18-17(19,20)25(22,23)24-16-8-6-12-10-5-7-15-13(2-1-9-21-15)11(10)3-4-14(12)16/h10-16,21H,1-9H2. The van der Waals surface area contributed by atoms with Crippen molar-refractivity contribution in [3.63, 3.8) is 0 Å². The fourth-order valence-corrected chi connectivity index (χ4v) is 7.06. The first kappa shape index (κ1) is 18.0. The molecule has 3 saturated carbocycles. The van der Waals surface area contributed by atoms with Crippen molar-refractivity contribution < 1.29 is 25.8 Å². The highest BCUT2D eigenvalue weighted by Gasteiger charge is 2.55. The first-order chi connectivity index (χ1) is 11.8. The molecular weight excluding hydrogens is 355 g/mol. The van der Waals surface area contributed by atoms with Crippen LogP contribution in [0.4, 0.5) is 13.2 Å². The van der Waals surface area contributed by atoms with Crippen molar-refractivity contribution in [3.8, 4) is 0 Å². The van der Waals surface area contributed by atoms with Crippen molar-refractivity contribution in [2.75, 3.05) is 6.54 Å². The molecule has 0 aromatic rings. The van der Waals surface area contributed by atoms with Gasteiger partial charge in [0.2, 0.25) is 0 Å². The second kappa shape index (κ2) is 6.37. The molecule has 1 aliphatic heterocycles. The lowest BCUT2D eigenvalue weighted by Crippen LogP contribution is -2.52. The SMILES string of the molecule is O=S(=O)(OC1CCC2C1CCC1C3CCCNC3CCC12)C(F)(F)F. The molecule has 8 heteroatoms. The Hall–Kier alpha value is -0.340. The number of nitrogens with one attached hydrogen (secondary N) is 1. The van der Waals surface area contributed by atoms with Crippen molar-refractivity contribution in [2.24, 2.45) is 29.6 Å². The van der Waals surface area contributed by atoms with Gasteiger partial charge in [-0.05, 0) is 87.5 Å². The van der Waals surface area contributed by atoms with E-state index in [9.17, 15) is 21.6 Å². The van der Waals surface area contributed by atoms with E-state index in [0.29, 0.717) is 36.1 Å². The molecule has 3 aliphatic carbocycles. The molecule has 25 heavy (non-hydrogen) atoms. The van der Waals surface area contributed by atoms with E-state index in [2.05, 4.69) is 9.50 Å². The molecule has 0 amide bonds. The molecule has 1 N–H and O–H groups in total. The summed E-state index contributed by atoms with van der Waals surface area (Å²) >= 11 is 0. The number of halogens is 3. The fourth-order valence-electron chi connectivity index (χ4n) is 6.38. The third-order valence-corrected chi connectivity index (χ3v) is 8.35. The van der Waals surface area contributed by atoms with E-state index in [4.69, 9.17) is 0 Å². The maximum absolute atomic E-state index is 12.6. The minimum absolute atomic E-state index is 0.0357. The van der Waals surface area contributed by atoms with Gasteiger partial charge in [-0.2, -0.15) is 21.6 Å². The molecule has 0 bridgehead atoms. The minimum Gasteiger partial charge on any atom is -0.314 e. The molecule has 4 rings (SSSR count). The molecule has 7 atom stereocenters. The third-order valence-electron chi connectivity index (χ3n) is 7.28. The number of rotatable bonds is 2.